The fourth-order valence-corrected chi connectivity index (χ4v) is 1.05. The summed E-state index contributed by atoms with van der Waals surface area (Å²) < 4.78 is 41.4. The number of methoxy groups -OCH3 is 1. The molecule has 0 heterocycles. The van der Waals surface area contributed by atoms with Gasteiger partial charge in [0.25, 0.3) is 0 Å². The summed E-state index contributed by atoms with van der Waals surface area (Å²) in [5.41, 5.74) is -2.31. The van der Waals surface area contributed by atoms with Gasteiger partial charge in [-0.2, -0.15) is 13.2 Å². The molecule has 0 spiro atoms. The minimum atomic E-state index is -4.74. The second-order valence-electron chi connectivity index (χ2n) is 2.80. The lowest BCUT2D eigenvalue weighted by atomic mass is 10.1. The Morgan fingerprint density at radius 3 is 2.38 bits per heavy atom. The van der Waals surface area contributed by atoms with Gasteiger partial charge < -0.3 is 9.84 Å². The lowest BCUT2D eigenvalue weighted by molar-refractivity contribution is -0.386. The highest BCUT2D eigenvalue weighted by atomic mass is 19.4. The van der Waals surface area contributed by atoms with E-state index in [-0.39, 0.29) is 6.07 Å². The van der Waals surface area contributed by atoms with Crippen LogP contribution in [0.15, 0.2) is 12.1 Å². The van der Waals surface area contributed by atoms with E-state index in [1.54, 1.807) is 0 Å². The number of nitrogens with zero attached hydrogens (tertiary/aromatic N) is 1. The standard InChI is InChI=1S/C8H6F3NO4/c1-16-6-3-4(8(9,10)11)2-5(7(6)13)12(14)15/h2-3,13H,1H3. The third-order valence-corrected chi connectivity index (χ3v) is 1.80. The molecule has 0 saturated carbocycles. The highest BCUT2D eigenvalue weighted by Crippen LogP contribution is 2.41. The normalized spacial score (nSPS) is 11.2. The molecule has 0 bridgehead atoms. The summed E-state index contributed by atoms with van der Waals surface area (Å²) in [5.74, 6) is -1.53. The van der Waals surface area contributed by atoms with Crippen LogP contribution in [-0.2, 0) is 6.18 Å². The number of benzene rings is 1. The van der Waals surface area contributed by atoms with E-state index in [4.69, 9.17) is 0 Å². The Labute approximate surface area is 87.2 Å². The molecule has 0 radical (unpaired) electrons. The number of ether oxygens (including phenoxy) is 1. The van der Waals surface area contributed by atoms with Crippen molar-refractivity contribution in [2.24, 2.45) is 0 Å². The van der Waals surface area contributed by atoms with Gasteiger partial charge in [-0.25, -0.2) is 0 Å². The van der Waals surface area contributed by atoms with Crippen LogP contribution in [0.1, 0.15) is 5.56 Å². The molecule has 1 aromatic rings. The van der Waals surface area contributed by atoms with Crippen molar-refractivity contribution >= 4 is 5.69 Å². The molecule has 0 unspecified atom stereocenters. The van der Waals surface area contributed by atoms with Gasteiger partial charge in [-0.05, 0) is 6.07 Å². The van der Waals surface area contributed by atoms with Crippen LogP contribution in [0, 0.1) is 10.1 Å². The monoisotopic (exact) mass is 237 g/mol. The minimum Gasteiger partial charge on any atom is -0.500 e. The van der Waals surface area contributed by atoms with Crippen LogP contribution in [0.4, 0.5) is 18.9 Å². The molecular formula is C8H6F3NO4. The van der Waals surface area contributed by atoms with Gasteiger partial charge in [0, 0.05) is 6.07 Å². The predicted molar refractivity (Wildman–Crippen MR) is 46.3 cm³/mol. The van der Waals surface area contributed by atoms with Gasteiger partial charge in [0.1, 0.15) is 0 Å². The Balaban J connectivity index is 3.46. The Morgan fingerprint density at radius 2 is 2.00 bits per heavy atom. The molecule has 0 amide bonds. The lowest BCUT2D eigenvalue weighted by Crippen LogP contribution is -2.06. The summed E-state index contributed by atoms with van der Waals surface area (Å²) in [4.78, 5) is 9.27. The average molecular weight is 237 g/mol. The lowest BCUT2D eigenvalue weighted by Gasteiger charge is -2.09. The van der Waals surface area contributed by atoms with Crippen molar-refractivity contribution in [3.8, 4) is 11.5 Å². The summed E-state index contributed by atoms with van der Waals surface area (Å²) in [5, 5.41) is 19.6. The first-order valence-corrected chi connectivity index (χ1v) is 3.90. The second kappa shape index (κ2) is 3.87. The first kappa shape index (κ1) is 12.1. The Kier molecular flexibility index (Phi) is 2.92. The molecule has 0 atom stereocenters. The van der Waals surface area contributed by atoms with Crippen LogP contribution < -0.4 is 4.74 Å². The zero-order chi connectivity index (χ0) is 12.5. The van der Waals surface area contributed by atoms with Crippen LogP contribution >= 0.6 is 0 Å². The first-order chi connectivity index (χ1) is 7.27. The van der Waals surface area contributed by atoms with E-state index < -0.39 is 33.8 Å². The van der Waals surface area contributed by atoms with Gasteiger partial charge in [-0.3, -0.25) is 10.1 Å². The maximum absolute atomic E-state index is 12.3. The zero-order valence-corrected chi connectivity index (χ0v) is 7.91. The smallest absolute Gasteiger partial charge is 0.416 e. The van der Waals surface area contributed by atoms with E-state index in [2.05, 4.69) is 4.74 Å². The van der Waals surface area contributed by atoms with Gasteiger partial charge in [0.05, 0.1) is 17.6 Å². The predicted octanol–water partition coefficient (Wildman–Crippen LogP) is 2.33. The third kappa shape index (κ3) is 2.15. The van der Waals surface area contributed by atoms with Gasteiger partial charge in [0.2, 0.25) is 5.75 Å². The molecule has 0 aliphatic rings. The summed E-state index contributed by atoms with van der Waals surface area (Å²) in [6, 6.07) is 0.736. The molecule has 88 valence electrons. The number of phenolic OH excluding ortho intramolecular Hbond substituents is 1. The van der Waals surface area contributed by atoms with Gasteiger partial charge in [-0.15, -0.1) is 0 Å². The third-order valence-electron chi connectivity index (χ3n) is 1.80. The number of hydrogen-bond acceptors (Lipinski definition) is 4. The number of aromatic hydroxyl groups is 1. The van der Waals surface area contributed by atoms with Crippen molar-refractivity contribution in [2.45, 2.75) is 6.18 Å². The van der Waals surface area contributed by atoms with E-state index in [1.807, 2.05) is 0 Å². The van der Waals surface area contributed by atoms with Gasteiger partial charge in [0.15, 0.2) is 5.75 Å². The maximum atomic E-state index is 12.3. The SMILES string of the molecule is COc1cc(C(F)(F)F)cc([N+](=O)[O-])c1O. The summed E-state index contributed by atoms with van der Waals surface area (Å²) in [6.07, 6.45) is -4.74. The van der Waals surface area contributed by atoms with Crippen LogP contribution in [0.2, 0.25) is 0 Å². The van der Waals surface area contributed by atoms with Crippen molar-refractivity contribution in [1.82, 2.24) is 0 Å². The maximum Gasteiger partial charge on any atom is 0.416 e. The van der Waals surface area contributed by atoms with Crippen molar-refractivity contribution in [2.75, 3.05) is 7.11 Å². The van der Waals surface area contributed by atoms with E-state index >= 15 is 0 Å². The molecule has 0 saturated heterocycles. The van der Waals surface area contributed by atoms with Gasteiger partial charge >= 0.3 is 11.9 Å². The molecule has 16 heavy (non-hydrogen) atoms. The number of alkyl halides is 3. The second-order valence-corrected chi connectivity index (χ2v) is 2.80. The molecule has 1 N–H and O–H groups in total. The molecular weight excluding hydrogens is 231 g/mol. The minimum absolute atomic E-state index is 0.248. The number of halogens is 3. The molecule has 1 rings (SSSR count). The molecule has 5 nitrogen and oxygen atoms in total. The molecule has 0 aliphatic heterocycles. The quantitative estimate of drug-likeness (QED) is 0.632. The molecule has 8 heteroatoms. The van der Waals surface area contributed by atoms with Crippen LogP contribution in [0.3, 0.4) is 0 Å². The number of nitro groups is 1. The first-order valence-electron chi connectivity index (χ1n) is 3.90. The Morgan fingerprint density at radius 1 is 1.44 bits per heavy atom. The Bertz CT molecular complexity index is 430. The summed E-state index contributed by atoms with van der Waals surface area (Å²) >= 11 is 0. The highest BCUT2D eigenvalue weighted by Gasteiger charge is 2.35. The van der Waals surface area contributed by atoms with E-state index in [0.717, 1.165) is 7.11 Å². The van der Waals surface area contributed by atoms with Crippen LogP contribution in [0.25, 0.3) is 0 Å². The highest BCUT2D eigenvalue weighted by molar-refractivity contribution is 5.57. The van der Waals surface area contributed by atoms with E-state index in [1.165, 1.54) is 0 Å². The van der Waals surface area contributed by atoms with E-state index in [0.29, 0.717) is 6.07 Å². The Hall–Kier alpha value is -1.99. The van der Waals surface area contributed by atoms with Crippen molar-refractivity contribution < 1.29 is 27.9 Å². The van der Waals surface area contributed by atoms with Crippen molar-refractivity contribution in [3.63, 3.8) is 0 Å². The number of nitro benzene ring substituents is 1. The number of rotatable bonds is 2. The summed E-state index contributed by atoms with van der Waals surface area (Å²) in [6.45, 7) is 0. The van der Waals surface area contributed by atoms with Crippen molar-refractivity contribution in [3.05, 3.63) is 27.8 Å². The zero-order valence-electron chi connectivity index (χ0n) is 7.91. The number of hydrogen-bond donors (Lipinski definition) is 1. The summed E-state index contributed by atoms with van der Waals surface area (Å²) in [7, 11) is 0.999. The largest absolute Gasteiger partial charge is 0.500 e. The fraction of sp³-hybridized carbons (Fsp3) is 0.250. The molecule has 0 aromatic heterocycles. The van der Waals surface area contributed by atoms with E-state index in [9.17, 15) is 28.4 Å². The topological polar surface area (TPSA) is 72.6 Å². The number of phenols is 1. The fourth-order valence-electron chi connectivity index (χ4n) is 1.05. The van der Waals surface area contributed by atoms with Crippen LogP contribution in [-0.4, -0.2) is 17.1 Å². The average Bonchev–Trinajstić information content (AvgIpc) is 2.15. The van der Waals surface area contributed by atoms with Crippen molar-refractivity contribution in [1.29, 1.82) is 0 Å². The molecule has 1 aromatic carbocycles. The van der Waals surface area contributed by atoms with Crippen LogP contribution in [0.5, 0.6) is 11.5 Å². The molecule has 0 aliphatic carbocycles. The molecule has 0 fully saturated rings. The van der Waals surface area contributed by atoms with Gasteiger partial charge in [-0.1, -0.05) is 0 Å².